The predicted octanol–water partition coefficient (Wildman–Crippen LogP) is 5.95. The molecular formula is C27H29FN2O3S. The van der Waals surface area contributed by atoms with E-state index in [-0.39, 0.29) is 34.3 Å². The van der Waals surface area contributed by atoms with Crippen molar-refractivity contribution in [3.05, 3.63) is 47.2 Å². The maximum absolute atomic E-state index is 13.8. The van der Waals surface area contributed by atoms with Crippen molar-refractivity contribution in [2.24, 2.45) is 11.8 Å². The molecule has 0 bridgehead atoms. The molecule has 6 rings (SSSR count). The Morgan fingerprint density at radius 1 is 1.15 bits per heavy atom. The number of piperidine rings is 1. The number of fused-ring (bicyclic) bond motifs is 2. The Kier molecular flexibility index (Phi) is 5.28. The van der Waals surface area contributed by atoms with Crippen molar-refractivity contribution in [2.75, 3.05) is 6.54 Å². The van der Waals surface area contributed by atoms with Gasteiger partial charge < -0.3 is 15.0 Å². The van der Waals surface area contributed by atoms with E-state index in [1.165, 1.54) is 6.07 Å². The average Bonchev–Trinajstić information content (AvgIpc) is 3.25. The number of aliphatic carboxylic acids is 1. The van der Waals surface area contributed by atoms with Gasteiger partial charge in [0.05, 0.1) is 5.92 Å². The Balaban J connectivity index is 1.30. The summed E-state index contributed by atoms with van der Waals surface area (Å²) in [5.74, 6) is -0.801. The zero-order valence-corrected chi connectivity index (χ0v) is 19.9. The second-order valence-electron chi connectivity index (χ2n) is 10.3. The number of thiophene rings is 1. The molecule has 3 aromatic rings. The number of H-pyrrole nitrogens is 1. The van der Waals surface area contributed by atoms with Crippen LogP contribution in [0.5, 0.6) is 0 Å². The second kappa shape index (κ2) is 8.22. The highest BCUT2D eigenvalue weighted by molar-refractivity contribution is 7.14. The van der Waals surface area contributed by atoms with Crippen LogP contribution in [0, 0.1) is 17.0 Å². The van der Waals surface area contributed by atoms with Crippen LogP contribution in [0.3, 0.4) is 0 Å². The Bertz CT molecular complexity index is 1260. The number of carboxylic acid groups (broad SMARTS) is 1. The van der Waals surface area contributed by atoms with Crippen LogP contribution in [0.4, 0.5) is 4.39 Å². The van der Waals surface area contributed by atoms with Gasteiger partial charge in [0.25, 0.3) is 0 Å². The number of rotatable bonds is 5. The number of aromatic amines is 1. The second-order valence-corrected chi connectivity index (χ2v) is 11.4. The molecule has 2 N–H and O–H groups in total. The quantitative estimate of drug-likeness (QED) is 0.474. The monoisotopic (exact) mass is 480 g/mol. The first-order chi connectivity index (χ1) is 16.5. The van der Waals surface area contributed by atoms with E-state index >= 15 is 0 Å². The molecule has 3 unspecified atom stereocenters. The number of nitrogens with zero attached hydrogens (tertiary/aromatic N) is 1. The lowest BCUT2D eigenvalue weighted by Crippen LogP contribution is -2.53. The van der Waals surface area contributed by atoms with Gasteiger partial charge in [-0.1, -0.05) is 18.6 Å². The highest BCUT2D eigenvalue weighted by atomic mass is 32.1. The van der Waals surface area contributed by atoms with Crippen LogP contribution in [0.15, 0.2) is 36.5 Å². The fraction of sp³-hybridized carbons (Fsp3) is 0.481. The van der Waals surface area contributed by atoms with Crippen LogP contribution < -0.4 is 0 Å². The molecule has 3 fully saturated rings. The molecule has 2 saturated carbocycles. The molecule has 1 aliphatic heterocycles. The topological polar surface area (TPSA) is 73.4 Å². The predicted molar refractivity (Wildman–Crippen MR) is 130 cm³/mol. The summed E-state index contributed by atoms with van der Waals surface area (Å²) in [7, 11) is 0. The van der Waals surface area contributed by atoms with Gasteiger partial charge in [0, 0.05) is 52.0 Å². The molecule has 2 aromatic heterocycles. The van der Waals surface area contributed by atoms with Crippen molar-refractivity contribution in [1.29, 1.82) is 0 Å². The summed E-state index contributed by atoms with van der Waals surface area (Å²) < 4.78 is 13.8. The third-order valence-corrected chi connectivity index (χ3v) is 9.37. The van der Waals surface area contributed by atoms with E-state index in [4.69, 9.17) is 0 Å². The van der Waals surface area contributed by atoms with Gasteiger partial charge >= 0.3 is 5.97 Å². The maximum atomic E-state index is 13.8. The Hall–Kier alpha value is -2.67. The molecule has 0 radical (unpaired) electrons. The van der Waals surface area contributed by atoms with Crippen molar-refractivity contribution >= 4 is 34.1 Å². The number of nitrogens with one attached hydrogen (secondary N) is 1. The third-order valence-electron chi connectivity index (χ3n) is 8.46. The summed E-state index contributed by atoms with van der Waals surface area (Å²) in [5, 5.41) is 10.6. The maximum Gasteiger partial charge on any atom is 0.306 e. The van der Waals surface area contributed by atoms with Crippen LogP contribution in [-0.2, 0) is 15.0 Å². The fourth-order valence-electron chi connectivity index (χ4n) is 6.65. The zero-order chi connectivity index (χ0) is 23.4. The van der Waals surface area contributed by atoms with Gasteiger partial charge in [-0.25, -0.2) is 0 Å². The molecule has 1 amide bonds. The number of hydrogen-bond acceptors (Lipinski definition) is 3. The van der Waals surface area contributed by atoms with E-state index in [1.807, 2.05) is 35.4 Å². The number of benzene rings is 1. The summed E-state index contributed by atoms with van der Waals surface area (Å²) in [6.07, 6.45) is 8.70. The molecule has 7 heteroatoms. The number of likely N-dealkylation sites (tertiary alicyclic amines) is 1. The summed E-state index contributed by atoms with van der Waals surface area (Å²) in [4.78, 5) is 31.8. The minimum Gasteiger partial charge on any atom is -0.481 e. The first-order valence-electron chi connectivity index (χ1n) is 12.4. The van der Waals surface area contributed by atoms with Gasteiger partial charge in [-0.05, 0) is 68.2 Å². The van der Waals surface area contributed by atoms with E-state index in [9.17, 15) is 19.1 Å². The van der Waals surface area contributed by atoms with Gasteiger partial charge in [-0.15, -0.1) is 11.3 Å². The van der Waals surface area contributed by atoms with Crippen LogP contribution in [0.25, 0.3) is 21.3 Å². The highest BCUT2D eigenvalue weighted by Crippen LogP contribution is 2.55. The standard InChI is InChI=1S/C27H29FN2O3S/c28-23-10-9-22(34-23)18-5-1-7-20-25(18)19(15-29-20)27(11-12-27)14-24(31)30-13-3-6-16-17(26(32)33)4-2-8-21(16)30/h1,5,7,9-10,15-17,21,29H,2-4,6,8,11-14H2,(H,32,33). The van der Waals surface area contributed by atoms with E-state index < -0.39 is 5.97 Å². The Morgan fingerprint density at radius 2 is 2.00 bits per heavy atom. The third kappa shape index (κ3) is 3.56. The van der Waals surface area contributed by atoms with E-state index in [0.29, 0.717) is 6.42 Å². The van der Waals surface area contributed by atoms with Crippen molar-refractivity contribution in [3.63, 3.8) is 0 Å². The minimum absolute atomic E-state index is 0.0551. The van der Waals surface area contributed by atoms with Crippen molar-refractivity contribution < 1.29 is 19.1 Å². The lowest BCUT2D eigenvalue weighted by molar-refractivity contribution is -0.152. The molecule has 178 valence electrons. The number of aromatic nitrogens is 1. The van der Waals surface area contributed by atoms with Crippen LogP contribution in [-0.4, -0.2) is 39.5 Å². The van der Waals surface area contributed by atoms with Crippen molar-refractivity contribution in [1.82, 2.24) is 9.88 Å². The zero-order valence-electron chi connectivity index (χ0n) is 19.1. The van der Waals surface area contributed by atoms with Gasteiger partial charge in [0.15, 0.2) is 5.13 Å². The van der Waals surface area contributed by atoms with Gasteiger partial charge in [0.1, 0.15) is 0 Å². The van der Waals surface area contributed by atoms with Crippen LogP contribution >= 0.6 is 11.3 Å². The molecule has 34 heavy (non-hydrogen) atoms. The average molecular weight is 481 g/mol. The summed E-state index contributed by atoms with van der Waals surface area (Å²) in [6, 6.07) is 9.43. The van der Waals surface area contributed by atoms with Crippen molar-refractivity contribution in [3.8, 4) is 10.4 Å². The molecule has 3 aliphatic rings. The Labute approximate surface area is 202 Å². The molecule has 1 saturated heterocycles. The smallest absolute Gasteiger partial charge is 0.306 e. The number of carbonyl (C=O) groups excluding carboxylic acids is 1. The summed E-state index contributed by atoms with van der Waals surface area (Å²) in [6.45, 7) is 0.732. The van der Waals surface area contributed by atoms with Gasteiger partial charge in [0.2, 0.25) is 5.91 Å². The molecule has 5 nitrogen and oxygen atoms in total. The SMILES string of the molecule is O=C(O)C1CCCC2C1CCCN2C(=O)CC1(c2c[nH]c3cccc(-c4ccc(F)s4)c23)CC1. The normalized spacial score (nSPS) is 25.8. The van der Waals surface area contributed by atoms with Gasteiger partial charge in [-0.2, -0.15) is 4.39 Å². The summed E-state index contributed by atoms with van der Waals surface area (Å²) in [5.41, 5.74) is 2.97. The molecule has 2 aliphatic carbocycles. The molecule has 3 heterocycles. The molecule has 1 aromatic carbocycles. The number of carbonyl (C=O) groups is 2. The molecule has 0 spiro atoms. The highest BCUT2D eigenvalue weighted by Gasteiger charge is 2.50. The largest absolute Gasteiger partial charge is 0.481 e. The first kappa shape index (κ1) is 21.8. The number of halogens is 1. The van der Waals surface area contributed by atoms with E-state index in [2.05, 4.69) is 4.98 Å². The number of carboxylic acids is 1. The van der Waals surface area contributed by atoms with Crippen LogP contribution in [0.2, 0.25) is 0 Å². The van der Waals surface area contributed by atoms with Gasteiger partial charge in [-0.3, -0.25) is 9.59 Å². The lowest BCUT2D eigenvalue weighted by Gasteiger charge is -2.46. The summed E-state index contributed by atoms with van der Waals surface area (Å²) >= 11 is 1.15. The number of amides is 1. The fourth-order valence-corrected chi connectivity index (χ4v) is 7.42. The molecular weight excluding hydrogens is 451 g/mol. The van der Waals surface area contributed by atoms with Crippen molar-refractivity contribution in [2.45, 2.75) is 62.8 Å². The Morgan fingerprint density at radius 3 is 2.74 bits per heavy atom. The number of hydrogen-bond donors (Lipinski definition) is 2. The lowest BCUT2D eigenvalue weighted by atomic mass is 9.71. The van der Waals surface area contributed by atoms with E-state index in [1.54, 1.807) is 0 Å². The first-order valence-corrected chi connectivity index (χ1v) is 13.2. The van der Waals surface area contributed by atoms with E-state index in [0.717, 1.165) is 89.7 Å². The molecule has 3 atom stereocenters. The van der Waals surface area contributed by atoms with Crippen LogP contribution in [0.1, 0.15) is 56.9 Å². The minimum atomic E-state index is -0.709.